The van der Waals surface area contributed by atoms with Crippen LogP contribution in [0.1, 0.15) is 21.5 Å². The van der Waals surface area contributed by atoms with Gasteiger partial charge in [-0.3, -0.25) is 9.59 Å². The Labute approximate surface area is 173 Å². The smallest absolute Gasteiger partial charge is 0.262 e. The molecule has 4 rings (SSSR count). The van der Waals surface area contributed by atoms with Gasteiger partial charge in [-0.25, -0.2) is 0 Å². The monoisotopic (exact) mass is 401 g/mol. The summed E-state index contributed by atoms with van der Waals surface area (Å²) in [5.41, 5.74) is 3.44. The number of carbonyl (C=O) groups is 2. The second-order valence-electron chi connectivity index (χ2n) is 6.66. The van der Waals surface area contributed by atoms with Crippen molar-refractivity contribution in [3.8, 4) is 5.75 Å². The first kappa shape index (κ1) is 19.0. The molecule has 0 aromatic heterocycles. The van der Waals surface area contributed by atoms with Gasteiger partial charge in [0.15, 0.2) is 6.61 Å². The van der Waals surface area contributed by atoms with E-state index in [1.807, 2.05) is 73.7 Å². The van der Waals surface area contributed by atoms with Crippen LogP contribution in [0, 0.1) is 6.92 Å². The van der Waals surface area contributed by atoms with Crippen LogP contribution in [0.3, 0.4) is 0 Å². The molecule has 3 aromatic rings. The average Bonchev–Trinajstić information content (AvgIpc) is 3.05. The number of fused-ring (bicyclic) bond motifs is 1. The minimum atomic E-state index is -0.212. The van der Waals surface area contributed by atoms with E-state index in [2.05, 4.69) is 5.32 Å². The van der Waals surface area contributed by atoms with E-state index in [0.29, 0.717) is 10.7 Å². The van der Waals surface area contributed by atoms with Crippen LogP contribution in [0.15, 0.2) is 82.6 Å². The predicted molar refractivity (Wildman–Crippen MR) is 116 cm³/mol. The normalized spacial score (nSPS) is 14.0. The van der Waals surface area contributed by atoms with Gasteiger partial charge in [-0.15, -0.1) is 0 Å². The SMILES string of the molecule is Cc1ccccc1NC(=O)COc1ccc(/C=C2/Sc3ccccc3C2=O)cc1. The minimum Gasteiger partial charge on any atom is -0.484 e. The Bertz CT molecular complexity index is 1100. The van der Waals surface area contributed by atoms with Crippen molar-refractivity contribution >= 4 is 35.2 Å². The summed E-state index contributed by atoms with van der Waals surface area (Å²) >= 11 is 1.49. The van der Waals surface area contributed by atoms with Crippen LogP contribution in [-0.4, -0.2) is 18.3 Å². The number of carbonyl (C=O) groups excluding carboxylic acids is 2. The second-order valence-corrected chi connectivity index (χ2v) is 7.74. The van der Waals surface area contributed by atoms with Gasteiger partial charge in [0, 0.05) is 16.1 Å². The number of hydrogen-bond acceptors (Lipinski definition) is 4. The van der Waals surface area contributed by atoms with E-state index < -0.39 is 0 Å². The Hall–Kier alpha value is -3.31. The Morgan fingerprint density at radius 1 is 1.00 bits per heavy atom. The number of nitrogens with one attached hydrogen (secondary N) is 1. The largest absolute Gasteiger partial charge is 0.484 e. The van der Waals surface area contributed by atoms with E-state index in [4.69, 9.17) is 4.74 Å². The van der Waals surface area contributed by atoms with Crippen molar-refractivity contribution in [1.82, 2.24) is 0 Å². The number of benzene rings is 3. The molecule has 0 spiro atoms. The highest BCUT2D eigenvalue weighted by Crippen LogP contribution is 2.40. The standard InChI is InChI=1S/C24H19NO3S/c1-16-6-2-4-8-20(16)25-23(26)15-28-18-12-10-17(11-13-18)14-22-24(27)19-7-3-5-9-21(19)29-22/h2-14H,15H2,1H3,(H,25,26)/b22-14+. The number of rotatable bonds is 5. The number of Topliss-reactive ketones (excluding diaryl/α,β-unsaturated/α-hetero) is 1. The van der Waals surface area contributed by atoms with Crippen molar-refractivity contribution < 1.29 is 14.3 Å². The first-order valence-corrected chi connectivity index (χ1v) is 10.0. The molecule has 0 bridgehead atoms. The second kappa shape index (κ2) is 8.37. The van der Waals surface area contributed by atoms with E-state index in [1.54, 1.807) is 12.1 Å². The average molecular weight is 401 g/mol. The van der Waals surface area contributed by atoms with Crippen molar-refractivity contribution in [2.75, 3.05) is 11.9 Å². The summed E-state index contributed by atoms with van der Waals surface area (Å²) in [6, 6.07) is 22.6. The van der Waals surface area contributed by atoms with Crippen LogP contribution < -0.4 is 10.1 Å². The third-order valence-corrected chi connectivity index (χ3v) is 5.64. The first-order valence-electron chi connectivity index (χ1n) is 9.22. The molecular weight excluding hydrogens is 382 g/mol. The molecule has 1 aliphatic rings. The molecule has 144 valence electrons. The van der Waals surface area contributed by atoms with Crippen LogP contribution in [0.5, 0.6) is 5.75 Å². The van der Waals surface area contributed by atoms with Crippen molar-refractivity contribution in [2.45, 2.75) is 11.8 Å². The molecule has 1 heterocycles. The molecule has 5 heteroatoms. The van der Waals surface area contributed by atoms with Gasteiger partial charge in [0.2, 0.25) is 5.78 Å². The zero-order valence-corrected chi connectivity index (χ0v) is 16.7. The highest BCUT2D eigenvalue weighted by molar-refractivity contribution is 8.04. The molecule has 1 N–H and O–H groups in total. The number of hydrogen-bond donors (Lipinski definition) is 1. The Morgan fingerprint density at radius 3 is 2.48 bits per heavy atom. The molecule has 4 nitrogen and oxygen atoms in total. The van der Waals surface area contributed by atoms with Crippen LogP contribution in [-0.2, 0) is 4.79 Å². The van der Waals surface area contributed by atoms with Gasteiger partial charge in [-0.1, -0.05) is 54.2 Å². The maximum atomic E-state index is 12.5. The fourth-order valence-corrected chi connectivity index (χ4v) is 4.05. The van der Waals surface area contributed by atoms with E-state index in [1.165, 1.54) is 11.8 Å². The lowest BCUT2D eigenvalue weighted by Crippen LogP contribution is -2.20. The van der Waals surface area contributed by atoms with Crippen molar-refractivity contribution in [2.24, 2.45) is 0 Å². The summed E-state index contributed by atoms with van der Waals surface area (Å²) in [5.74, 6) is 0.441. The highest BCUT2D eigenvalue weighted by atomic mass is 32.2. The van der Waals surface area contributed by atoms with Gasteiger partial charge in [-0.2, -0.15) is 0 Å². The molecule has 0 aliphatic carbocycles. The van der Waals surface area contributed by atoms with Gasteiger partial charge in [-0.05, 0) is 54.5 Å². The Balaban J connectivity index is 1.36. The van der Waals surface area contributed by atoms with Gasteiger partial charge < -0.3 is 10.1 Å². The minimum absolute atomic E-state index is 0.0544. The molecule has 0 fully saturated rings. The lowest BCUT2D eigenvalue weighted by molar-refractivity contribution is -0.118. The fourth-order valence-electron chi connectivity index (χ4n) is 3.00. The zero-order valence-electron chi connectivity index (χ0n) is 15.8. The Morgan fingerprint density at radius 2 is 1.72 bits per heavy atom. The number of amides is 1. The van der Waals surface area contributed by atoms with Crippen LogP contribution >= 0.6 is 11.8 Å². The van der Waals surface area contributed by atoms with Crippen LogP contribution in [0.2, 0.25) is 0 Å². The number of anilines is 1. The number of thioether (sulfide) groups is 1. The molecule has 0 saturated carbocycles. The number of allylic oxidation sites excluding steroid dienone is 1. The van der Waals surface area contributed by atoms with E-state index >= 15 is 0 Å². The third kappa shape index (κ3) is 4.41. The number of ketones is 1. The van der Waals surface area contributed by atoms with Gasteiger partial charge in [0.25, 0.3) is 5.91 Å². The van der Waals surface area contributed by atoms with Gasteiger partial charge in [0.05, 0.1) is 4.91 Å². The Kier molecular flexibility index (Phi) is 5.49. The highest BCUT2D eigenvalue weighted by Gasteiger charge is 2.24. The first-order chi connectivity index (χ1) is 14.1. The van der Waals surface area contributed by atoms with Gasteiger partial charge in [0.1, 0.15) is 5.75 Å². The van der Waals surface area contributed by atoms with Gasteiger partial charge >= 0.3 is 0 Å². The van der Waals surface area contributed by atoms with E-state index in [9.17, 15) is 9.59 Å². The maximum Gasteiger partial charge on any atom is 0.262 e. The predicted octanol–water partition coefficient (Wildman–Crippen LogP) is 5.34. The topological polar surface area (TPSA) is 55.4 Å². The summed E-state index contributed by atoms with van der Waals surface area (Å²) in [6.45, 7) is 1.87. The third-order valence-electron chi connectivity index (χ3n) is 4.54. The zero-order chi connectivity index (χ0) is 20.2. The lowest BCUT2D eigenvalue weighted by Gasteiger charge is -2.09. The van der Waals surface area contributed by atoms with Crippen molar-refractivity contribution in [3.05, 3.63) is 94.4 Å². The molecular formula is C24H19NO3S. The molecule has 0 saturated heterocycles. The molecule has 3 aromatic carbocycles. The molecule has 29 heavy (non-hydrogen) atoms. The molecule has 0 atom stereocenters. The van der Waals surface area contributed by atoms with E-state index in [0.717, 1.165) is 27.3 Å². The van der Waals surface area contributed by atoms with Crippen LogP contribution in [0.25, 0.3) is 6.08 Å². The number of ether oxygens (including phenoxy) is 1. The molecule has 1 amide bonds. The summed E-state index contributed by atoms with van der Waals surface area (Å²) in [6.07, 6.45) is 1.88. The molecule has 0 radical (unpaired) electrons. The summed E-state index contributed by atoms with van der Waals surface area (Å²) < 4.78 is 5.57. The van der Waals surface area contributed by atoms with Crippen molar-refractivity contribution in [3.63, 3.8) is 0 Å². The van der Waals surface area contributed by atoms with Crippen molar-refractivity contribution in [1.29, 1.82) is 0 Å². The van der Waals surface area contributed by atoms with Crippen LogP contribution in [0.4, 0.5) is 5.69 Å². The van der Waals surface area contributed by atoms with E-state index in [-0.39, 0.29) is 18.3 Å². The number of para-hydroxylation sites is 1. The summed E-state index contributed by atoms with van der Waals surface area (Å²) in [4.78, 5) is 26.2. The summed E-state index contributed by atoms with van der Waals surface area (Å²) in [7, 11) is 0. The molecule has 0 unspecified atom stereocenters. The lowest BCUT2D eigenvalue weighted by atomic mass is 10.1. The number of aryl methyl sites for hydroxylation is 1. The molecule has 1 aliphatic heterocycles. The summed E-state index contributed by atoms with van der Waals surface area (Å²) in [5, 5.41) is 2.84. The quantitative estimate of drug-likeness (QED) is 0.586. The maximum absolute atomic E-state index is 12.5. The fraction of sp³-hybridized carbons (Fsp3) is 0.0833.